The van der Waals surface area contributed by atoms with Crippen molar-refractivity contribution in [2.45, 2.75) is 31.8 Å². The number of anilines is 1. The van der Waals surface area contributed by atoms with E-state index in [1.165, 1.54) is 12.8 Å². The van der Waals surface area contributed by atoms with Crippen molar-refractivity contribution in [3.05, 3.63) is 22.8 Å². The van der Waals surface area contributed by atoms with Crippen molar-refractivity contribution in [3.63, 3.8) is 0 Å². The molecule has 0 spiro atoms. The Morgan fingerprint density at radius 3 is 3.06 bits per heavy atom. The number of halogens is 1. The van der Waals surface area contributed by atoms with Crippen molar-refractivity contribution >= 4 is 21.7 Å². The molecule has 3 nitrogen and oxygen atoms in total. The van der Waals surface area contributed by atoms with Crippen molar-refractivity contribution < 1.29 is 0 Å². The maximum Gasteiger partial charge on any atom is 0.140 e. The van der Waals surface area contributed by atoms with Gasteiger partial charge in [0.2, 0.25) is 0 Å². The average Bonchev–Trinajstić information content (AvgIpc) is 2.27. The second-order valence-corrected chi connectivity index (χ2v) is 5.38. The summed E-state index contributed by atoms with van der Waals surface area (Å²) in [4.78, 5) is 6.75. The molecule has 0 bridgehead atoms. The van der Waals surface area contributed by atoms with Gasteiger partial charge in [0.05, 0.1) is 4.47 Å². The fourth-order valence-corrected chi connectivity index (χ4v) is 2.48. The highest BCUT2D eigenvalue weighted by molar-refractivity contribution is 9.10. The summed E-state index contributed by atoms with van der Waals surface area (Å²) < 4.78 is 1.04. The van der Waals surface area contributed by atoms with E-state index >= 15 is 0 Å². The first-order chi connectivity index (χ1) is 7.66. The van der Waals surface area contributed by atoms with Crippen LogP contribution in [0.1, 0.15) is 19.8 Å². The van der Waals surface area contributed by atoms with Gasteiger partial charge < -0.3 is 10.2 Å². The van der Waals surface area contributed by atoms with E-state index in [9.17, 15) is 0 Å². The smallest absolute Gasteiger partial charge is 0.140 e. The molecule has 1 saturated heterocycles. The van der Waals surface area contributed by atoms with Gasteiger partial charge in [0.1, 0.15) is 5.82 Å². The minimum Gasteiger partial charge on any atom is -0.366 e. The van der Waals surface area contributed by atoms with Crippen molar-refractivity contribution in [1.29, 1.82) is 0 Å². The van der Waals surface area contributed by atoms with Crippen molar-refractivity contribution in [2.24, 2.45) is 0 Å². The van der Waals surface area contributed by atoms with Gasteiger partial charge in [-0.2, -0.15) is 0 Å². The lowest BCUT2D eigenvalue weighted by atomic mass is 9.99. The molecule has 0 saturated carbocycles. The van der Waals surface area contributed by atoms with Crippen LogP contribution in [0.2, 0.25) is 0 Å². The molecule has 1 aromatic heterocycles. The standard InChI is InChI=1S/C12H18BrN3/c1-9-8-10(5-7-16(9)2)15-12-11(13)4-3-6-14-12/h3-4,6,9-10H,5,7-8H2,1-2H3,(H,14,15). The van der Waals surface area contributed by atoms with Crippen LogP contribution in [0.25, 0.3) is 0 Å². The number of nitrogens with zero attached hydrogens (tertiary/aromatic N) is 2. The molecule has 1 aliphatic rings. The maximum absolute atomic E-state index is 4.34. The van der Waals surface area contributed by atoms with Crippen LogP contribution in [0.5, 0.6) is 0 Å². The molecule has 2 unspecified atom stereocenters. The van der Waals surface area contributed by atoms with Gasteiger partial charge in [-0.1, -0.05) is 0 Å². The molecule has 16 heavy (non-hydrogen) atoms. The molecule has 0 aromatic carbocycles. The Kier molecular flexibility index (Phi) is 3.82. The van der Waals surface area contributed by atoms with E-state index in [4.69, 9.17) is 0 Å². The Morgan fingerprint density at radius 2 is 2.38 bits per heavy atom. The van der Waals surface area contributed by atoms with Crippen molar-refractivity contribution in [3.8, 4) is 0 Å². The summed E-state index contributed by atoms with van der Waals surface area (Å²) in [6.07, 6.45) is 4.19. The van der Waals surface area contributed by atoms with Gasteiger partial charge in [-0.15, -0.1) is 0 Å². The van der Waals surface area contributed by atoms with E-state index in [1.807, 2.05) is 18.3 Å². The molecule has 2 rings (SSSR count). The molecule has 2 heterocycles. The number of nitrogens with one attached hydrogen (secondary N) is 1. The van der Waals surface area contributed by atoms with Gasteiger partial charge in [-0.3, -0.25) is 0 Å². The maximum atomic E-state index is 4.34. The minimum atomic E-state index is 0.539. The van der Waals surface area contributed by atoms with E-state index in [2.05, 4.69) is 45.1 Å². The van der Waals surface area contributed by atoms with Crippen LogP contribution in [-0.2, 0) is 0 Å². The molecule has 1 aromatic rings. The Hall–Kier alpha value is -0.610. The van der Waals surface area contributed by atoms with Crippen LogP contribution in [0.4, 0.5) is 5.82 Å². The third kappa shape index (κ3) is 2.74. The lowest BCUT2D eigenvalue weighted by Crippen LogP contribution is -2.42. The number of rotatable bonds is 2. The summed E-state index contributed by atoms with van der Waals surface area (Å²) >= 11 is 3.51. The van der Waals surface area contributed by atoms with E-state index in [-0.39, 0.29) is 0 Å². The second kappa shape index (κ2) is 5.15. The van der Waals surface area contributed by atoms with Gasteiger partial charge >= 0.3 is 0 Å². The fourth-order valence-electron chi connectivity index (χ4n) is 2.11. The highest BCUT2D eigenvalue weighted by Crippen LogP contribution is 2.23. The summed E-state index contributed by atoms with van der Waals surface area (Å²) in [5.41, 5.74) is 0. The van der Waals surface area contributed by atoms with Gasteiger partial charge in [0, 0.05) is 24.8 Å². The molecule has 1 N–H and O–H groups in total. The van der Waals surface area contributed by atoms with Crippen molar-refractivity contribution in [1.82, 2.24) is 9.88 Å². The number of pyridine rings is 1. The van der Waals surface area contributed by atoms with E-state index in [0.717, 1.165) is 16.8 Å². The Bertz CT molecular complexity index is 356. The summed E-state index contributed by atoms with van der Waals surface area (Å²) in [7, 11) is 2.19. The lowest BCUT2D eigenvalue weighted by molar-refractivity contribution is 0.190. The molecular formula is C12H18BrN3. The van der Waals surface area contributed by atoms with Gasteiger partial charge in [-0.05, 0) is 54.9 Å². The number of aromatic nitrogens is 1. The van der Waals surface area contributed by atoms with Gasteiger partial charge in [0.25, 0.3) is 0 Å². The third-order valence-corrected chi connectivity index (χ3v) is 3.95. The fraction of sp³-hybridized carbons (Fsp3) is 0.583. The molecule has 1 aliphatic heterocycles. The number of hydrogen-bond acceptors (Lipinski definition) is 3. The lowest BCUT2D eigenvalue weighted by Gasteiger charge is -2.35. The van der Waals surface area contributed by atoms with Crippen LogP contribution >= 0.6 is 15.9 Å². The highest BCUT2D eigenvalue weighted by Gasteiger charge is 2.23. The topological polar surface area (TPSA) is 28.2 Å². The molecule has 0 radical (unpaired) electrons. The third-order valence-electron chi connectivity index (χ3n) is 3.31. The van der Waals surface area contributed by atoms with E-state index < -0.39 is 0 Å². The molecule has 2 atom stereocenters. The molecular weight excluding hydrogens is 266 g/mol. The largest absolute Gasteiger partial charge is 0.366 e. The zero-order valence-corrected chi connectivity index (χ0v) is 11.4. The first kappa shape index (κ1) is 11.9. The van der Waals surface area contributed by atoms with Crippen LogP contribution in [0.15, 0.2) is 22.8 Å². The quantitative estimate of drug-likeness (QED) is 0.905. The molecule has 0 amide bonds. The minimum absolute atomic E-state index is 0.539. The molecule has 0 aliphatic carbocycles. The molecule has 4 heteroatoms. The SMILES string of the molecule is CC1CC(Nc2ncccc2Br)CCN1C. The Balaban J connectivity index is 1.98. The zero-order chi connectivity index (χ0) is 11.5. The van der Waals surface area contributed by atoms with Crippen LogP contribution in [0, 0.1) is 0 Å². The normalized spacial score (nSPS) is 26.7. The average molecular weight is 284 g/mol. The molecule has 88 valence electrons. The summed E-state index contributed by atoms with van der Waals surface area (Å²) in [6.45, 7) is 3.44. The van der Waals surface area contributed by atoms with Crippen LogP contribution in [-0.4, -0.2) is 35.6 Å². The van der Waals surface area contributed by atoms with Crippen LogP contribution in [0.3, 0.4) is 0 Å². The predicted octanol–water partition coefficient (Wildman–Crippen LogP) is 2.74. The zero-order valence-electron chi connectivity index (χ0n) is 9.78. The Morgan fingerprint density at radius 1 is 1.56 bits per heavy atom. The van der Waals surface area contributed by atoms with Crippen LogP contribution < -0.4 is 5.32 Å². The number of hydrogen-bond donors (Lipinski definition) is 1. The van der Waals surface area contributed by atoms with E-state index in [1.54, 1.807) is 0 Å². The van der Waals surface area contributed by atoms with Crippen molar-refractivity contribution in [2.75, 3.05) is 18.9 Å². The summed E-state index contributed by atoms with van der Waals surface area (Å²) in [5, 5.41) is 3.52. The van der Waals surface area contributed by atoms with E-state index in [0.29, 0.717) is 12.1 Å². The highest BCUT2D eigenvalue weighted by atomic mass is 79.9. The summed E-state index contributed by atoms with van der Waals surface area (Å²) in [6, 6.07) is 5.14. The predicted molar refractivity (Wildman–Crippen MR) is 70.7 cm³/mol. The van der Waals surface area contributed by atoms with Gasteiger partial charge in [0.15, 0.2) is 0 Å². The summed E-state index contributed by atoms with van der Waals surface area (Å²) in [5.74, 6) is 0.962. The number of piperidine rings is 1. The first-order valence-electron chi connectivity index (χ1n) is 5.74. The second-order valence-electron chi connectivity index (χ2n) is 4.53. The first-order valence-corrected chi connectivity index (χ1v) is 6.53. The Labute approximate surface area is 105 Å². The number of likely N-dealkylation sites (tertiary alicyclic amines) is 1. The van der Waals surface area contributed by atoms with Gasteiger partial charge in [-0.25, -0.2) is 4.98 Å². The monoisotopic (exact) mass is 283 g/mol. The molecule has 1 fully saturated rings.